The molecule has 0 spiro atoms. The summed E-state index contributed by atoms with van der Waals surface area (Å²) in [5.41, 5.74) is 2.76. The van der Waals surface area contributed by atoms with Crippen LogP contribution in [0.25, 0.3) is 0 Å². The summed E-state index contributed by atoms with van der Waals surface area (Å²) < 4.78 is 0. The fraction of sp³-hybridized carbons (Fsp3) is 0.500. The van der Waals surface area contributed by atoms with Crippen molar-refractivity contribution in [3.05, 3.63) is 29.6 Å². The molecule has 0 radical (unpaired) electrons. The van der Waals surface area contributed by atoms with Crippen LogP contribution in [-0.2, 0) is 6.42 Å². The van der Waals surface area contributed by atoms with Gasteiger partial charge in [-0.3, -0.25) is 4.98 Å². The molecule has 62 valence electrons. The molecule has 12 heavy (non-hydrogen) atoms. The maximum atomic E-state index is 4.44. The van der Waals surface area contributed by atoms with E-state index in [0.29, 0.717) is 6.04 Å². The summed E-state index contributed by atoms with van der Waals surface area (Å²) in [6, 6.07) is 5.55. The van der Waals surface area contributed by atoms with Crippen molar-refractivity contribution in [3.8, 4) is 0 Å². The van der Waals surface area contributed by atoms with Crippen molar-refractivity contribution in [1.29, 1.82) is 0 Å². The van der Waals surface area contributed by atoms with E-state index in [4.69, 9.17) is 0 Å². The molecule has 1 saturated heterocycles. The van der Waals surface area contributed by atoms with Crippen molar-refractivity contribution in [2.24, 2.45) is 0 Å². The molecule has 1 N–H and O–H groups in total. The van der Waals surface area contributed by atoms with Crippen LogP contribution in [0.1, 0.15) is 30.1 Å². The van der Waals surface area contributed by atoms with Gasteiger partial charge in [0, 0.05) is 12.2 Å². The summed E-state index contributed by atoms with van der Waals surface area (Å²) in [6.07, 6.45) is 5.68. The van der Waals surface area contributed by atoms with E-state index in [-0.39, 0.29) is 0 Å². The quantitative estimate of drug-likeness (QED) is 0.621. The molecule has 1 aromatic rings. The van der Waals surface area contributed by atoms with E-state index in [1.165, 1.54) is 30.5 Å². The second kappa shape index (κ2) is 2.30. The second-order valence-electron chi connectivity index (χ2n) is 3.75. The Morgan fingerprint density at radius 3 is 3.42 bits per heavy atom. The lowest BCUT2D eigenvalue weighted by atomic mass is 10.0. The standard InChI is InChI=1S/C10H12N2/c1-2-7-6-8-3-4-9(12-8)10(7)11-5-1/h1-2,5,8-9,12H,3-4,6H2/t8-,9+/m0/s1. The van der Waals surface area contributed by atoms with Crippen LogP contribution in [0.15, 0.2) is 18.3 Å². The van der Waals surface area contributed by atoms with E-state index >= 15 is 0 Å². The molecule has 0 aliphatic carbocycles. The highest BCUT2D eigenvalue weighted by Gasteiger charge is 2.32. The first kappa shape index (κ1) is 6.61. The van der Waals surface area contributed by atoms with Gasteiger partial charge in [0.05, 0.1) is 11.7 Å². The number of nitrogens with zero attached hydrogens (tertiary/aromatic N) is 1. The normalized spacial score (nSPS) is 31.7. The van der Waals surface area contributed by atoms with Crippen LogP contribution >= 0.6 is 0 Å². The lowest BCUT2D eigenvalue weighted by Crippen LogP contribution is -2.32. The molecular weight excluding hydrogens is 148 g/mol. The Balaban J connectivity index is 2.13. The van der Waals surface area contributed by atoms with Crippen molar-refractivity contribution < 1.29 is 0 Å². The number of aromatic nitrogens is 1. The lowest BCUT2D eigenvalue weighted by molar-refractivity contribution is 0.504. The molecule has 2 nitrogen and oxygen atoms in total. The molecule has 3 rings (SSSR count). The summed E-state index contributed by atoms with van der Waals surface area (Å²) in [4.78, 5) is 4.44. The highest BCUT2D eigenvalue weighted by Crippen LogP contribution is 2.33. The first-order valence-electron chi connectivity index (χ1n) is 4.63. The summed E-state index contributed by atoms with van der Waals surface area (Å²) in [5, 5.41) is 3.58. The Hall–Kier alpha value is -0.890. The Bertz CT molecular complexity index is 308. The molecule has 2 aliphatic heterocycles. The molecule has 0 saturated carbocycles. The van der Waals surface area contributed by atoms with Crippen LogP contribution in [0.2, 0.25) is 0 Å². The summed E-state index contributed by atoms with van der Waals surface area (Å²) in [5.74, 6) is 0. The van der Waals surface area contributed by atoms with Gasteiger partial charge in [0.2, 0.25) is 0 Å². The minimum absolute atomic E-state index is 0.556. The molecule has 1 fully saturated rings. The van der Waals surface area contributed by atoms with Crippen LogP contribution in [0.5, 0.6) is 0 Å². The predicted molar refractivity (Wildman–Crippen MR) is 46.8 cm³/mol. The van der Waals surface area contributed by atoms with Gasteiger partial charge in [-0.1, -0.05) is 6.07 Å². The fourth-order valence-electron chi connectivity index (χ4n) is 2.40. The Labute approximate surface area is 72.0 Å². The third kappa shape index (κ3) is 0.815. The lowest BCUT2D eigenvalue weighted by Gasteiger charge is -2.22. The Kier molecular flexibility index (Phi) is 1.27. The van der Waals surface area contributed by atoms with Gasteiger partial charge in [0.25, 0.3) is 0 Å². The number of rotatable bonds is 0. The zero-order valence-corrected chi connectivity index (χ0v) is 6.96. The summed E-state index contributed by atoms with van der Waals surface area (Å²) in [7, 11) is 0. The van der Waals surface area contributed by atoms with Gasteiger partial charge in [-0.15, -0.1) is 0 Å². The first-order chi connectivity index (χ1) is 5.93. The molecule has 0 unspecified atom stereocenters. The van der Waals surface area contributed by atoms with Gasteiger partial charge in [0.15, 0.2) is 0 Å². The molecule has 0 amide bonds. The third-order valence-electron chi connectivity index (χ3n) is 2.96. The molecule has 1 aromatic heterocycles. The first-order valence-corrected chi connectivity index (χ1v) is 4.63. The molecule has 3 heterocycles. The number of hydrogen-bond acceptors (Lipinski definition) is 2. The molecular formula is C10H12N2. The van der Waals surface area contributed by atoms with Gasteiger partial charge in [0.1, 0.15) is 0 Å². The largest absolute Gasteiger partial charge is 0.305 e. The van der Waals surface area contributed by atoms with Gasteiger partial charge in [-0.25, -0.2) is 0 Å². The van der Waals surface area contributed by atoms with E-state index in [1.807, 2.05) is 12.3 Å². The van der Waals surface area contributed by atoms with E-state index in [2.05, 4.69) is 16.4 Å². The number of nitrogens with one attached hydrogen (secondary N) is 1. The maximum Gasteiger partial charge on any atom is 0.0605 e. The zero-order chi connectivity index (χ0) is 7.97. The van der Waals surface area contributed by atoms with Gasteiger partial charge in [-0.2, -0.15) is 0 Å². The topological polar surface area (TPSA) is 24.9 Å². The minimum atomic E-state index is 0.556. The van der Waals surface area contributed by atoms with Crippen molar-refractivity contribution in [2.45, 2.75) is 31.3 Å². The van der Waals surface area contributed by atoms with Crippen LogP contribution in [-0.4, -0.2) is 11.0 Å². The molecule has 2 bridgehead atoms. The number of pyridine rings is 1. The van der Waals surface area contributed by atoms with Crippen molar-refractivity contribution >= 4 is 0 Å². The highest BCUT2D eigenvalue weighted by molar-refractivity contribution is 5.28. The summed E-state index contributed by atoms with van der Waals surface area (Å²) >= 11 is 0. The van der Waals surface area contributed by atoms with Crippen LogP contribution < -0.4 is 5.32 Å². The van der Waals surface area contributed by atoms with Gasteiger partial charge in [-0.05, 0) is 30.9 Å². The van der Waals surface area contributed by atoms with Crippen molar-refractivity contribution in [1.82, 2.24) is 10.3 Å². The second-order valence-corrected chi connectivity index (χ2v) is 3.75. The van der Waals surface area contributed by atoms with E-state index in [1.54, 1.807) is 0 Å². The van der Waals surface area contributed by atoms with Crippen molar-refractivity contribution in [3.63, 3.8) is 0 Å². The zero-order valence-electron chi connectivity index (χ0n) is 6.96. The van der Waals surface area contributed by atoms with E-state index in [0.717, 1.165) is 6.04 Å². The minimum Gasteiger partial charge on any atom is -0.305 e. The fourth-order valence-corrected chi connectivity index (χ4v) is 2.40. The van der Waals surface area contributed by atoms with Crippen molar-refractivity contribution in [2.75, 3.05) is 0 Å². The monoisotopic (exact) mass is 160 g/mol. The SMILES string of the molecule is c1cnc2c(c1)C[C@@H]1CC[C@H]2N1. The van der Waals surface area contributed by atoms with Gasteiger partial charge >= 0.3 is 0 Å². The van der Waals surface area contributed by atoms with Crippen LogP contribution in [0.4, 0.5) is 0 Å². The summed E-state index contributed by atoms with van der Waals surface area (Å²) in [6.45, 7) is 0. The van der Waals surface area contributed by atoms with Crippen LogP contribution in [0.3, 0.4) is 0 Å². The average molecular weight is 160 g/mol. The van der Waals surface area contributed by atoms with Gasteiger partial charge < -0.3 is 5.32 Å². The van der Waals surface area contributed by atoms with E-state index < -0.39 is 0 Å². The molecule has 2 atom stereocenters. The number of fused-ring (bicyclic) bond motifs is 4. The molecule has 2 heteroatoms. The Morgan fingerprint density at radius 1 is 1.42 bits per heavy atom. The Morgan fingerprint density at radius 2 is 2.42 bits per heavy atom. The molecule has 0 aromatic carbocycles. The highest BCUT2D eigenvalue weighted by atomic mass is 15.0. The number of hydrogen-bond donors (Lipinski definition) is 1. The maximum absolute atomic E-state index is 4.44. The smallest absolute Gasteiger partial charge is 0.0605 e. The van der Waals surface area contributed by atoms with Crippen LogP contribution in [0, 0.1) is 0 Å². The predicted octanol–water partition coefficient (Wildman–Crippen LogP) is 1.43. The molecule has 2 aliphatic rings. The average Bonchev–Trinajstić information content (AvgIpc) is 2.49. The third-order valence-corrected chi connectivity index (χ3v) is 2.96. The van der Waals surface area contributed by atoms with E-state index in [9.17, 15) is 0 Å².